The van der Waals surface area contributed by atoms with Crippen LogP contribution in [0, 0.1) is 0 Å². The van der Waals surface area contributed by atoms with Crippen molar-refractivity contribution in [1.82, 2.24) is 34.7 Å². The van der Waals surface area contributed by atoms with E-state index >= 15 is 0 Å². The molecule has 10 nitrogen and oxygen atoms in total. The molecule has 10 heteroatoms. The van der Waals surface area contributed by atoms with Gasteiger partial charge in [-0.25, -0.2) is 9.59 Å². The molecule has 0 fully saturated rings. The van der Waals surface area contributed by atoms with Gasteiger partial charge in [0.2, 0.25) is 5.82 Å². The van der Waals surface area contributed by atoms with Gasteiger partial charge in [0.05, 0.1) is 17.8 Å². The van der Waals surface area contributed by atoms with Crippen molar-refractivity contribution in [3.05, 3.63) is 100.0 Å². The van der Waals surface area contributed by atoms with Gasteiger partial charge in [0, 0.05) is 35.4 Å². The fourth-order valence-corrected chi connectivity index (χ4v) is 4.95. The number of carboxylic acids is 1. The zero-order chi connectivity index (χ0) is 28.2. The molecular weight excluding hydrogens is 506 g/mol. The lowest BCUT2D eigenvalue weighted by Crippen LogP contribution is -2.26. The molecular formula is C30H31N7O3. The number of nitrogens with one attached hydrogen (secondary N) is 1. The van der Waals surface area contributed by atoms with Crippen molar-refractivity contribution in [2.75, 3.05) is 0 Å². The fourth-order valence-electron chi connectivity index (χ4n) is 4.95. The van der Waals surface area contributed by atoms with Crippen molar-refractivity contribution in [1.29, 1.82) is 0 Å². The number of hydrogen-bond donors (Lipinski definition) is 2. The van der Waals surface area contributed by atoms with Gasteiger partial charge in [-0.05, 0) is 52.8 Å². The summed E-state index contributed by atoms with van der Waals surface area (Å²) in [5, 5.41) is 24.3. The number of para-hydroxylation sites is 1. The van der Waals surface area contributed by atoms with Crippen LogP contribution < -0.4 is 5.69 Å². The fraction of sp³-hybridized carbons (Fsp3) is 0.267. The summed E-state index contributed by atoms with van der Waals surface area (Å²) in [4.78, 5) is 30.3. The normalized spacial score (nSPS) is 11.3. The van der Waals surface area contributed by atoms with Crippen LogP contribution in [0.1, 0.15) is 66.7 Å². The number of aromatic nitrogens is 7. The topological polar surface area (TPSA) is 132 Å². The number of benzene rings is 2. The number of tetrazole rings is 1. The van der Waals surface area contributed by atoms with Crippen molar-refractivity contribution >= 4 is 5.97 Å². The maximum Gasteiger partial charge on any atom is 0.337 e. The van der Waals surface area contributed by atoms with Crippen LogP contribution in [-0.2, 0) is 13.0 Å². The van der Waals surface area contributed by atoms with Gasteiger partial charge in [0.1, 0.15) is 0 Å². The van der Waals surface area contributed by atoms with E-state index in [0.717, 1.165) is 46.4 Å². The Morgan fingerprint density at radius 2 is 1.88 bits per heavy atom. The number of unbranched alkanes of at least 4 members (excludes halogenated alkanes) is 1. The highest BCUT2D eigenvalue weighted by atomic mass is 16.4. The summed E-state index contributed by atoms with van der Waals surface area (Å²) in [5.41, 5.74) is 5.55. The summed E-state index contributed by atoms with van der Waals surface area (Å²) in [6.45, 7) is 6.47. The Hall–Kier alpha value is -4.86. The molecule has 40 heavy (non-hydrogen) atoms. The minimum absolute atomic E-state index is 0.0426. The number of imidazole rings is 1. The number of aryl methyl sites for hydroxylation is 1. The first-order valence-electron chi connectivity index (χ1n) is 13.3. The maximum absolute atomic E-state index is 13.9. The Morgan fingerprint density at radius 3 is 2.55 bits per heavy atom. The van der Waals surface area contributed by atoms with Gasteiger partial charge in [-0.15, -0.1) is 10.2 Å². The van der Waals surface area contributed by atoms with Crippen LogP contribution >= 0.6 is 0 Å². The zero-order valence-corrected chi connectivity index (χ0v) is 22.7. The molecule has 0 aliphatic heterocycles. The second kappa shape index (κ2) is 11.5. The number of rotatable bonds is 10. The highest BCUT2D eigenvalue weighted by Crippen LogP contribution is 2.30. The smallest absolute Gasteiger partial charge is 0.337 e. The van der Waals surface area contributed by atoms with E-state index in [-0.39, 0.29) is 17.2 Å². The molecule has 5 aromatic rings. The van der Waals surface area contributed by atoms with E-state index < -0.39 is 5.97 Å². The third-order valence-electron chi connectivity index (χ3n) is 7.02. The largest absolute Gasteiger partial charge is 0.478 e. The Balaban J connectivity index is 1.54. The van der Waals surface area contributed by atoms with Crippen LogP contribution in [0.4, 0.5) is 0 Å². The van der Waals surface area contributed by atoms with E-state index in [0.29, 0.717) is 24.5 Å². The molecule has 0 radical (unpaired) electrons. The van der Waals surface area contributed by atoms with E-state index in [1.54, 1.807) is 29.1 Å². The molecule has 0 unspecified atom stereocenters. The summed E-state index contributed by atoms with van der Waals surface area (Å²) in [6, 6.07) is 15.0. The van der Waals surface area contributed by atoms with Gasteiger partial charge in [0.25, 0.3) is 0 Å². The Morgan fingerprint density at radius 1 is 1.07 bits per heavy atom. The molecule has 3 heterocycles. The first kappa shape index (κ1) is 26.7. The molecule has 2 aromatic carbocycles. The van der Waals surface area contributed by atoms with Gasteiger partial charge in [-0.1, -0.05) is 63.6 Å². The van der Waals surface area contributed by atoms with E-state index in [4.69, 9.17) is 0 Å². The zero-order valence-electron chi connectivity index (χ0n) is 22.7. The third kappa shape index (κ3) is 5.20. The first-order valence-corrected chi connectivity index (χ1v) is 13.3. The summed E-state index contributed by atoms with van der Waals surface area (Å²) in [5.74, 6) is -0.531. The number of carboxylic acid groups (broad SMARTS) is 1. The van der Waals surface area contributed by atoms with Crippen molar-refractivity contribution in [2.45, 2.75) is 52.5 Å². The molecule has 0 aliphatic rings. The van der Waals surface area contributed by atoms with E-state index in [1.807, 2.05) is 56.4 Å². The van der Waals surface area contributed by atoms with Gasteiger partial charge in [-0.2, -0.15) is 5.21 Å². The molecule has 204 valence electrons. The van der Waals surface area contributed by atoms with E-state index in [1.165, 1.54) is 4.57 Å². The highest BCUT2D eigenvalue weighted by molar-refractivity contribution is 5.92. The average molecular weight is 538 g/mol. The predicted octanol–water partition coefficient (Wildman–Crippen LogP) is 5.09. The number of carbonyl (C=O) groups is 1. The predicted molar refractivity (Wildman–Crippen MR) is 152 cm³/mol. The summed E-state index contributed by atoms with van der Waals surface area (Å²) in [7, 11) is 0. The molecule has 0 bridgehead atoms. The number of H-pyrrole nitrogens is 1. The van der Waals surface area contributed by atoms with Crippen molar-refractivity contribution in [3.63, 3.8) is 0 Å². The minimum atomic E-state index is -1.06. The number of pyridine rings is 1. The van der Waals surface area contributed by atoms with Gasteiger partial charge in [0.15, 0.2) is 0 Å². The second-order valence-electron chi connectivity index (χ2n) is 10.0. The molecule has 0 saturated heterocycles. The van der Waals surface area contributed by atoms with Crippen LogP contribution in [-0.4, -0.2) is 45.8 Å². The Kier molecular flexibility index (Phi) is 7.68. The number of nitrogens with zero attached hydrogens (tertiary/aromatic N) is 6. The van der Waals surface area contributed by atoms with Crippen LogP contribution in [0.3, 0.4) is 0 Å². The monoisotopic (exact) mass is 537 g/mol. The van der Waals surface area contributed by atoms with Crippen molar-refractivity contribution in [3.8, 4) is 28.2 Å². The van der Waals surface area contributed by atoms with Crippen LogP contribution in [0.5, 0.6) is 0 Å². The summed E-state index contributed by atoms with van der Waals surface area (Å²) < 4.78 is 3.27. The second-order valence-corrected chi connectivity index (χ2v) is 10.0. The van der Waals surface area contributed by atoms with Gasteiger partial charge >= 0.3 is 11.7 Å². The highest BCUT2D eigenvalue weighted by Gasteiger charge is 2.22. The van der Waals surface area contributed by atoms with E-state index in [2.05, 4.69) is 32.5 Å². The van der Waals surface area contributed by atoms with Crippen molar-refractivity contribution in [2.24, 2.45) is 0 Å². The molecule has 0 amide bonds. The molecule has 5 rings (SSSR count). The molecule has 2 N–H and O–H groups in total. The van der Waals surface area contributed by atoms with Gasteiger partial charge < -0.3 is 5.11 Å². The Bertz CT molecular complexity index is 1680. The van der Waals surface area contributed by atoms with Gasteiger partial charge in [-0.3, -0.25) is 14.1 Å². The van der Waals surface area contributed by atoms with Crippen LogP contribution in [0.15, 0.2) is 71.9 Å². The standard InChI is InChI=1S/C30H31N7O3/c1-4-5-7-22-18-37(27-23(19(2)3)8-6-9-25(27)29(38)39)30(40)36(22)17-20-10-12-21(13-11-20)26-16-31-15-14-24(26)28-32-34-35-33-28/h6,8-16,18-19H,4-5,7,17H2,1-3H3,(H,38,39)(H,32,33,34,35). The molecule has 0 aliphatic carbocycles. The molecule has 0 spiro atoms. The number of hydrogen-bond acceptors (Lipinski definition) is 6. The maximum atomic E-state index is 13.9. The SMILES string of the molecule is CCCCc1cn(-c2c(C(=O)O)cccc2C(C)C)c(=O)n1Cc1ccc(-c2cnccc2-c2nn[nH]n2)cc1. The minimum Gasteiger partial charge on any atom is -0.478 e. The lowest BCUT2D eigenvalue weighted by atomic mass is 9.97. The number of aromatic amines is 1. The van der Waals surface area contributed by atoms with Crippen LogP contribution in [0.2, 0.25) is 0 Å². The third-order valence-corrected chi connectivity index (χ3v) is 7.02. The first-order chi connectivity index (χ1) is 19.4. The summed E-state index contributed by atoms with van der Waals surface area (Å²) in [6.07, 6.45) is 7.87. The quantitative estimate of drug-likeness (QED) is 0.253. The molecule has 0 atom stereocenters. The molecule has 3 aromatic heterocycles. The van der Waals surface area contributed by atoms with E-state index in [9.17, 15) is 14.7 Å². The molecule has 0 saturated carbocycles. The Labute approximate surface area is 231 Å². The lowest BCUT2D eigenvalue weighted by molar-refractivity contribution is 0.0696. The average Bonchev–Trinajstić information content (AvgIpc) is 3.61. The number of aromatic carboxylic acids is 1. The van der Waals surface area contributed by atoms with Crippen molar-refractivity contribution < 1.29 is 9.90 Å². The lowest BCUT2D eigenvalue weighted by Gasteiger charge is -2.15. The summed E-state index contributed by atoms with van der Waals surface area (Å²) >= 11 is 0. The van der Waals surface area contributed by atoms with Crippen LogP contribution in [0.25, 0.3) is 28.2 Å².